The number of halogens is 1. The lowest BCUT2D eigenvalue weighted by Crippen LogP contribution is -2.17. The van der Waals surface area contributed by atoms with Crippen LogP contribution in [0.15, 0.2) is 65.7 Å². The lowest BCUT2D eigenvalue weighted by atomic mass is 10.2. The summed E-state index contributed by atoms with van der Waals surface area (Å²) >= 11 is 6.12. The van der Waals surface area contributed by atoms with Gasteiger partial charge in [-0.3, -0.25) is 9.52 Å². The predicted octanol–water partition coefficient (Wildman–Crippen LogP) is 4.50. The Hall–Kier alpha value is -3.10. The fourth-order valence-electron chi connectivity index (χ4n) is 2.64. The third kappa shape index (κ3) is 5.08. The third-order valence-electron chi connectivity index (χ3n) is 4.14. The SMILES string of the molecule is CCOc1ccc(NS(=O)(=O)c2cc(C(=O)Nc3ncccc3C)ccc2Cl)cc1. The van der Waals surface area contributed by atoms with Crippen LogP contribution in [0.2, 0.25) is 5.02 Å². The molecule has 30 heavy (non-hydrogen) atoms. The van der Waals surface area contributed by atoms with Gasteiger partial charge in [-0.1, -0.05) is 17.7 Å². The van der Waals surface area contributed by atoms with Crippen molar-refractivity contribution in [1.82, 2.24) is 4.98 Å². The summed E-state index contributed by atoms with van der Waals surface area (Å²) in [4.78, 5) is 16.5. The van der Waals surface area contributed by atoms with E-state index in [0.717, 1.165) is 5.56 Å². The second-order valence-corrected chi connectivity index (χ2v) is 8.39. The zero-order chi connectivity index (χ0) is 21.7. The Morgan fingerprint density at radius 1 is 1.13 bits per heavy atom. The molecule has 0 fully saturated rings. The van der Waals surface area contributed by atoms with Crippen LogP contribution in [-0.2, 0) is 10.0 Å². The minimum atomic E-state index is -4.02. The number of benzene rings is 2. The summed E-state index contributed by atoms with van der Waals surface area (Å²) < 4.78 is 33.5. The number of amides is 1. The van der Waals surface area contributed by atoms with Crippen molar-refractivity contribution in [2.24, 2.45) is 0 Å². The molecule has 0 bridgehead atoms. The summed E-state index contributed by atoms with van der Waals surface area (Å²) in [6, 6.07) is 14.1. The Labute approximate surface area is 180 Å². The number of ether oxygens (including phenoxy) is 1. The minimum absolute atomic E-state index is 0.000923. The second kappa shape index (κ2) is 9.15. The highest BCUT2D eigenvalue weighted by Gasteiger charge is 2.21. The number of carbonyl (C=O) groups is 1. The van der Waals surface area contributed by atoms with Crippen LogP contribution in [0.1, 0.15) is 22.8 Å². The van der Waals surface area contributed by atoms with Crippen molar-refractivity contribution < 1.29 is 17.9 Å². The van der Waals surface area contributed by atoms with Gasteiger partial charge in [0.15, 0.2) is 0 Å². The number of pyridine rings is 1. The summed E-state index contributed by atoms with van der Waals surface area (Å²) in [6.07, 6.45) is 1.56. The van der Waals surface area contributed by atoms with E-state index < -0.39 is 15.9 Å². The Bertz CT molecular complexity index is 1170. The molecule has 1 amide bonds. The highest BCUT2D eigenvalue weighted by molar-refractivity contribution is 7.92. The van der Waals surface area contributed by atoms with E-state index in [2.05, 4.69) is 15.0 Å². The molecule has 1 aromatic heterocycles. The van der Waals surface area contributed by atoms with Crippen LogP contribution >= 0.6 is 11.6 Å². The van der Waals surface area contributed by atoms with Crippen LogP contribution in [0.4, 0.5) is 11.5 Å². The Morgan fingerprint density at radius 2 is 1.87 bits per heavy atom. The molecule has 0 aliphatic carbocycles. The molecule has 0 saturated carbocycles. The molecular formula is C21H20ClN3O4S. The average Bonchev–Trinajstić information content (AvgIpc) is 2.71. The first-order chi connectivity index (χ1) is 14.3. The minimum Gasteiger partial charge on any atom is -0.494 e. The molecule has 0 unspecified atom stereocenters. The van der Waals surface area contributed by atoms with Crippen molar-refractivity contribution in [2.45, 2.75) is 18.7 Å². The van der Waals surface area contributed by atoms with E-state index in [0.29, 0.717) is 23.9 Å². The van der Waals surface area contributed by atoms with Gasteiger partial charge in [0.1, 0.15) is 16.5 Å². The van der Waals surface area contributed by atoms with Crippen LogP contribution in [0.25, 0.3) is 0 Å². The number of sulfonamides is 1. The molecule has 2 N–H and O–H groups in total. The van der Waals surface area contributed by atoms with Gasteiger partial charge in [-0.05, 0) is 67.9 Å². The molecule has 0 spiro atoms. The maximum absolute atomic E-state index is 12.8. The van der Waals surface area contributed by atoms with Crippen molar-refractivity contribution >= 4 is 39.0 Å². The van der Waals surface area contributed by atoms with Gasteiger partial charge in [0.05, 0.1) is 11.6 Å². The highest BCUT2D eigenvalue weighted by Crippen LogP contribution is 2.26. The fraction of sp³-hybridized carbons (Fsp3) is 0.143. The molecule has 3 aromatic rings. The van der Waals surface area contributed by atoms with E-state index in [4.69, 9.17) is 16.3 Å². The Morgan fingerprint density at radius 3 is 2.53 bits per heavy atom. The van der Waals surface area contributed by atoms with E-state index in [-0.39, 0.29) is 15.5 Å². The van der Waals surface area contributed by atoms with Crippen molar-refractivity contribution in [2.75, 3.05) is 16.6 Å². The number of aryl methyl sites for hydroxylation is 1. The van der Waals surface area contributed by atoms with Crippen molar-refractivity contribution in [3.05, 3.63) is 76.9 Å². The molecule has 0 atom stereocenters. The number of hydrogen-bond donors (Lipinski definition) is 2. The summed E-state index contributed by atoms with van der Waals surface area (Å²) in [5.41, 5.74) is 1.26. The molecule has 7 nitrogen and oxygen atoms in total. The first kappa shape index (κ1) is 21.6. The summed E-state index contributed by atoms with van der Waals surface area (Å²) in [7, 11) is -4.02. The smallest absolute Gasteiger partial charge is 0.263 e. The molecule has 0 saturated heterocycles. The van der Waals surface area contributed by atoms with Crippen LogP contribution in [-0.4, -0.2) is 25.9 Å². The fourth-order valence-corrected chi connectivity index (χ4v) is 4.23. The van der Waals surface area contributed by atoms with Crippen LogP contribution in [0, 0.1) is 6.92 Å². The molecule has 0 aliphatic heterocycles. The van der Waals surface area contributed by atoms with Crippen LogP contribution < -0.4 is 14.8 Å². The number of hydrogen-bond acceptors (Lipinski definition) is 5. The second-order valence-electron chi connectivity index (χ2n) is 6.33. The van der Waals surface area contributed by atoms with E-state index in [1.807, 2.05) is 6.92 Å². The van der Waals surface area contributed by atoms with E-state index in [1.54, 1.807) is 49.5 Å². The number of nitrogens with one attached hydrogen (secondary N) is 2. The van der Waals surface area contributed by atoms with Gasteiger partial charge >= 0.3 is 0 Å². The lowest BCUT2D eigenvalue weighted by Gasteiger charge is -2.12. The number of anilines is 2. The van der Waals surface area contributed by atoms with Crippen molar-refractivity contribution in [3.63, 3.8) is 0 Å². The molecule has 3 rings (SSSR count). The number of carbonyl (C=O) groups excluding carboxylic acids is 1. The molecule has 156 valence electrons. The zero-order valence-electron chi connectivity index (χ0n) is 16.3. The van der Waals surface area contributed by atoms with Gasteiger partial charge in [-0.2, -0.15) is 0 Å². The standard InChI is InChI=1S/C21H20ClN3O4S/c1-3-29-17-9-7-16(8-10-17)25-30(27,28)19-13-15(6-11-18(19)22)21(26)24-20-14(2)5-4-12-23-20/h4-13,25H,3H2,1-2H3,(H,23,24,26). The Balaban J connectivity index is 1.84. The molecule has 0 aliphatic rings. The average molecular weight is 446 g/mol. The number of rotatable bonds is 7. The highest BCUT2D eigenvalue weighted by atomic mass is 35.5. The van der Waals surface area contributed by atoms with E-state index in [9.17, 15) is 13.2 Å². The monoisotopic (exact) mass is 445 g/mol. The normalized spacial score (nSPS) is 11.0. The van der Waals surface area contributed by atoms with Gasteiger partial charge < -0.3 is 10.1 Å². The van der Waals surface area contributed by atoms with Gasteiger partial charge in [0, 0.05) is 17.4 Å². The van der Waals surface area contributed by atoms with Gasteiger partial charge in [0.2, 0.25) is 0 Å². The molecule has 0 radical (unpaired) electrons. The lowest BCUT2D eigenvalue weighted by molar-refractivity contribution is 0.102. The van der Waals surface area contributed by atoms with Gasteiger partial charge in [-0.15, -0.1) is 0 Å². The van der Waals surface area contributed by atoms with Crippen LogP contribution in [0.5, 0.6) is 5.75 Å². The largest absolute Gasteiger partial charge is 0.494 e. The first-order valence-electron chi connectivity index (χ1n) is 9.08. The van der Waals surface area contributed by atoms with Crippen LogP contribution in [0.3, 0.4) is 0 Å². The van der Waals surface area contributed by atoms with Gasteiger partial charge in [0.25, 0.3) is 15.9 Å². The topological polar surface area (TPSA) is 97.4 Å². The van der Waals surface area contributed by atoms with Crippen molar-refractivity contribution in [1.29, 1.82) is 0 Å². The van der Waals surface area contributed by atoms with E-state index >= 15 is 0 Å². The number of nitrogens with zero attached hydrogens (tertiary/aromatic N) is 1. The third-order valence-corrected chi connectivity index (χ3v) is 6.00. The molecular weight excluding hydrogens is 426 g/mol. The molecule has 1 heterocycles. The molecule has 9 heteroatoms. The first-order valence-corrected chi connectivity index (χ1v) is 10.9. The maximum atomic E-state index is 12.8. The summed E-state index contributed by atoms with van der Waals surface area (Å²) in [5.74, 6) is 0.530. The van der Waals surface area contributed by atoms with Crippen molar-refractivity contribution in [3.8, 4) is 5.75 Å². The maximum Gasteiger partial charge on any atom is 0.263 e. The quantitative estimate of drug-likeness (QED) is 0.558. The van der Waals surface area contributed by atoms with E-state index in [1.165, 1.54) is 18.2 Å². The summed E-state index contributed by atoms with van der Waals surface area (Å²) in [6.45, 7) is 4.17. The Kier molecular flexibility index (Phi) is 6.59. The summed E-state index contributed by atoms with van der Waals surface area (Å²) in [5, 5.41) is 2.67. The zero-order valence-corrected chi connectivity index (χ0v) is 17.9. The number of aromatic nitrogens is 1. The van der Waals surface area contributed by atoms with Gasteiger partial charge in [-0.25, -0.2) is 13.4 Å². The molecule has 2 aromatic carbocycles. The predicted molar refractivity (Wildman–Crippen MR) is 117 cm³/mol.